The summed E-state index contributed by atoms with van der Waals surface area (Å²) in [5.41, 5.74) is 1.28. The van der Waals surface area contributed by atoms with Crippen LogP contribution >= 0.6 is 0 Å². The Kier molecular flexibility index (Phi) is 2.57. The van der Waals surface area contributed by atoms with Crippen molar-refractivity contribution in [1.29, 1.82) is 0 Å². The number of aliphatic hydroxyl groups is 2. The summed E-state index contributed by atoms with van der Waals surface area (Å²) in [5.74, 6) is -0.684. The Balaban J connectivity index is 2.16. The summed E-state index contributed by atoms with van der Waals surface area (Å²) in [5, 5.41) is 22.7. The molecule has 0 amide bonds. The number of fused-ring (bicyclic) bond motifs is 1. The molecule has 2 heteroatoms. The maximum absolute atomic E-state index is 11.3. The predicted molar refractivity (Wildman–Crippen MR) is 86.9 cm³/mol. The molecule has 2 N–H and O–H groups in total. The minimum atomic E-state index is -1.47. The average Bonchev–Trinajstić information content (AvgIpc) is 2.57. The average molecular weight is 290 g/mol. The van der Waals surface area contributed by atoms with Crippen molar-refractivity contribution in [2.75, 3.05) is 0 Å². The molecule has 3 aliphatic carbocycles. The Hall–Kier alpha value is -2.16. The molecule has 0 saturated heterocycles. The fourth-order valence-corrected chi connectivity index (χ4v) is 4.38. The summed E-state index contributed by atoms with van der Waals surface area (Å²) in [6, 6.07) is 16.0. The first-order chi connectivity index (χ1) is 10.6. The third-order valence-electron chi connectivity index (χ3n) is 5.38. The molecule has 0 aliphatic heterocycles. The van der Waals surface area contributed by atoms with Crippen LogP contribution < -0.4 is 0 Å². The number of rotatable bonds is 2. The Bertz CT molecular complexity index is 680. The van der Waals surface area contributed by atoms with E-state index in [2.05, 4.69) is 13.2 Å². The van der Waals surface area contributed by atoms with E-state index in [0.29, 0.717) is 0 Å². The van der Waals surface area contributed by atoms with Crippen molar-refractivity contribution in [3.05, 3.63) is 96.1 Å². The zero-order valence-corrected chi connectivity index (χ0v) is 12.2. The smallest absolute Gasteiger partial charge is 0.126 e. The molecule has 2 nitrogen and oxygen atoms in total. The van der Waals surface area contributed by atoms with Gasteiger partial charge in [-0.05, 0) is 22.3 Å². The maximum atomic E-state index is 11.3. The molecule has 0 fully saturated rings. The molecule has 0 spiro atoms. The van der Waals surface area contributed by atoms with Crippen molar-refractivity contribution in [2.24, 2.45) is 0 Å². The minimum absolute atomic E-state index is 0.342. The van der Waals surface area contributed by atoms with Gasteiger partial charge in [0.25, 0.3) is 0 Å². The van der Waals surface area contributed by atoms with Crippen LogP contribution in [0.3, 0.4) is 0 Å². The first-order valence-electron chi connectivity index (χ1n) is 7.48. The number of benzene rings is 2. The second kappa shape index (κ2) is 4.19. The van der Waals surface area contributed by atoms with E-state index in [1.54, 1.807) is 0 Å². The highest BCUT2D eigenvalue weighted by molar-refractivity contribution is 5.63. The van der Waals surface area contributed by atoms with Crippen LogP contribution in [0.25, 0.3) is 0 Å². The number of hydrogen-bond donors (Lipinski definition) is 2. The van der Waals surface area contributed by atoms with Crippen LogP contribution in [0.2, 0.25) is 0 Å². The van der Waals surface area contributed by atoms with Crippen molar-refractivity contribution in [3.8, 4) is 0 Å². The molecule has 3 aliphatic rings. The topological polar surface area (TPSA) is 40.5 Å². The van der Waals surface area contributed by atoms with Crippen LogP contribution in [0.15, 0.2) is 73.8 Å². The van der Waals surface area contributed by atoms with Gasteiger partial charge in [0, 0.05) is 11.8 Å². The fraction of sp³-hybridized carbons (Fsp3) is 0.200. The standard InChI is InChI=1S/C20H18O2/c1-3-19(21)17-13-9-5-7-11-15(13)18(20(19,22)4-2)16-12-8-6-10-14(16)17/h3-12,17-18,21-22H,1-2H2/t17?,18?,19-,20+. The normalized spacial score (nSPS) is 34.6. The van der Waals surface area contributed by atoms with E-state index in [1.165, 1.54) is 12.2 Å². The molecule has 0 aromatic heterocycles. The first-order valence-corrected chi connectivity index (χ1v) is 7.48. The van der Waals surface area contributed by atoms with Gasteiger partial charge in [-0.2, -0.15) is 0 Å². The summed E-state index contributed by atoms with van der Waals surface area (Å²) >= 11 is 0. The quantitative estimate of drug-likeness (QED) is 0.834. The van der Waals surface area contributed by atoms with Gasteiger partial charge in [0.1, 0.15) is 11.2 Å². The highest BCUT2D eigenvalue weighted by atomic mass is 16.4. The van der Waals surface area contributed by atoms with E-state index in [4.69, 9.17) is 0 Å². The molecule has 2 aromatic carbocycles. The molecular weight excluding hydrogens is 272 g/mol. The van der Waals surface area contributed by atoms with Crippen molar-refractivity contribution in [2.45, 2.75) is 23.0 Å². The van der Waals surface area contributed by atoms with E-state index in [1.807, 2.05) is 48.5 Å². The van der Waals surface area contributed by atoms with Crippen LogP contribution in [0.5, 0.6) is 0 Å². The summed E-state index contributed by atoms with van der Waals surface area (Å²) < 4.78 is 0. The molecule has 2 atom stereocenters. The molecule has 0 unspecified atom stereocenters. The Morgan fingerprint density at radius 2 is 0.955 bits per heavy atom. The Labute approximate surface area is 130 Å². The van der Waals surface area contributed by atoms with Crippen LogP contribution in [0.4, 0.5) is 0 Å². The molecule has 5 rings (SSSR count). The molecule has 0 saturated carbocycles. The third-order valence-corrected chi connectivity index (χ3v) is 5.38. The first kappa shape index (κ1) is 13.5. The SMILES string of the molecule is C=C[C@@]1(O)C2c3ccccc3C(c3ccccc32)[C@@]1(O)C=C. The van der Waals surface area contributed by atoms with Crippen LogP contribution in [-0.4, -0.2) is 21.4 Å². The van der Waals surface area contributed by atoms with Gasteiger partial charge < -0.3 is 10.2 Å². The van der Waals surface area contributed by atoms with Crippen molar-refractivity contribution >= 4 is 0 Å². The Morgan fingerprint density at radius 3 is 1.18 bits per heavy atom. The molecule has 0 heterocycles. The number of hydrogen-bond acceptors (Lipinski definition) is 2. The van der Waals surface area contributed by atoms with E-state index in [-0.39, 0.29) is 11.8 Å². The van der Waals surface area contributed by atoms with Crippen LogP contribution in [-0.2, 0) is 0 Å². The van der Waals surface area contributed by atoms with Gasteiger partial charge in [0.2, 0.25) is 0 Å². The van der Waals surface area contributed by atoms with E-state index >= 15 is 0 Å². The molecular formula is C20H18O2. The molecule has 2 bridgehead atoms. The van der Waals surface area contributed by atoms with Gasteiger partial charge in [-0.25, -0.2) is 0 Å². The van der Waals surface area contributed by atoms with Crippen molar-refractivity contribution in [1.82, 2.24) is 0 Å². The zero-order chi connectivity index (χ0) is 15.5. The fourth-order valence-electron chi connectivity index (χ4n) is 4.38. The van der Waals surface area contributed by atoms with Gasteiger partial charge in [0.05, 0.1) is 0 Å². The molecule has 0 radical (unpaired) electrons. The predicted octanol–water partition coefficient (Wildman–Crippen LogP) is 3.11. The monoisotopic (exact) mass is 290 g/mol. The van der Waals surface area contributed by atoms with Gasteiger partial charge in [-0.15, -0.1) is 13.2 Å². The third kappa shape index (κ3) is 1.28. The summed E-state index contributed by atoms with van der Waals surface area (Å²) in [4.78, 5) is 0. The lowest BCUT2D eigenvalue weighted by atomic mass is 9.50. The second-order valence-electron chi connectivity index (χ2n) is 6.18. The van der Waals surface area contributed by atoms with Gasteiger partial charge in [0.15, 0.2) is 0 Å². The maximum Gasteiger partial charge on any atom is 0.126 e. The lowest BCUT2D eigenvalue weighted by molar-refractivity contribution is -0.123. The van der Waals surface area contributed by atoms with Crippen LogP contribution in [0, 0.1) is 0 Å². The van der Waals surface area contributed by atoms with E-state index in [0.717, 1.165) is 22.3 Å². The zero-order valence-electron chi connectivity index (χ0n) is 12.2. The van der Waals surface area contributed by atoms with E-state index in [9.17, 15) is 10.2 Å². The highest BCUT2D eigenvalue weighted by Crippen LogP contribution is 2.62. The van der Waals surface area contributed by atoms with Crippen LogP contribution in [0.1, 0.15) is 34.1 Å². The van der Waals surface area contributed by atoms with Crippen molar-refractivity contribution < 1.29 is 10.2 Å². The van der Waals surface area contributed by atoms with Gasteiger partial charge in [-0.3, -0.25) is 0 Å². The molecule has 110 valence electrons. The summed E-state index contributed by atoms with van der Waals surface area (Å²) in [6.07, 6.45) is 2.94. The molecule has 22 heavy (non-hydrogen) atoms. The highest BCUT2D eigenvalue weighted by Gasteiger charge is 2.64. The largest absolute Gasteiger partial charge is 0.381 e. The summed E-state index contributed by atoms with van der Waals surface area (Å²) in [6.45, 7) is 7.61. The lowest BCUT2D eigenvalue weighted by Gasteiger charge is -2.58. The summed E-state index contributed by atoms with van der Waals surface area (Å²) in [7, 11) is 0. The second-order valence-corrected chi connectivity index (χ2v) is 6.18. The van der Waals surface area contributed by atoms with Gasteiger partial charge >= 0.3 is 0 Å². The van der Waals surface area contributed by atoms with E-state index < -0.39 is 11.2 Å². The lowest BCUT2D eigenvalue weighted by Crippen LogP contribution is -2.64. The van der Waals surface area contributed by atoms with Crippen molar-refractivity contribution in [3.63, 3.8) is 0 Å². The molecule has 2 aromatic rings. The Morgan fingerprint density at radius 1 is 0.682 bits per heavy atom. The minimum Gasteiger partial charge on any atom is -0.381 e. The van der Waals surface area contributed by atoms with Gasteiger partial charge in [-0.1, -0.05) is 60.7 Å².